The van der Waals surface area contributed by atoms with Gasteiger partial charge < -0.3 is 9.47 Å². The van der Waals surface area contributed by atoms with Crippen LogP contribution in [0.2, 0.25) is 0 Å². The summed E-state index contributed by atoms with van der Waals surface area (Å²) in [7, 11) is 1.66. The van der Waals surface area contributed by atoms with E-state index in [1.807, 2.05) is 55.0 Å². The minimum absolute atomic E-state index is 0.290. The molecule has 0 saturated carbocycles. The fourth-order valence-corrected chi connectivity index (χ4v) is 3.57. The van der Waals surface area contributed by atoms with E-state index in [1.165, 1.54) is 0 Å². The lowest BCUT2D eigenvalue weighted by Gasteiger charge is -2.24. The van der Waals surface area contributed by atoms with Gasteiger partial charge in [-0.15, -0.1) is 0 Å². The molecule has 0 unspecified atom stereocenters. The molecule has 3 heterocycles. The van der Waals surface area contributed by atoms with Gasteiger partial charge in [0.1, 0.15) is 5.75 Å². The first-order valence-corrected chi connectivity index (χ1v) is 9.99. The van der Waals surface area contributed by atoms with Crippen LogP contribution in [-0.4, -0.2) is 46.2 Å². The molecule has 1 atom stereocenters. The lowest BCUT2D eigenvalue weighted by molar-refractivity contribution is 0.0674. The highest BCUT2D eigenvalue weighted by molar-refractivity contribution is 5.55. The van der Waals surface area contributed by atoms with Gasteiger partial charge in [-0.3, -0.25) is 9.88 Å². The summed E-state index contributed by atoms with van der Waals surface area (Å²) >= 11 is 0. The third-order valence-electron chi connectivity index (χ3n) is 5.06. The van der Waals surface area contributed by atoms with Gasteiger partial charge in [0.05, 0.1) is 18.9 Å². The van der Waals surface area contributed by atoms with Gasteiger partial charge in [0.2, 0.25) is 0 Å². The Balaban J connectivity index is 1.45. The molecule has 1 saturated heterocycles. The summed E-state index contributed by atoms with van der Waals surface area (Å²) in [5.74, 6) is 1.54. The highest BCUT2D eigenvalue weighted by Gasteiger charge is 2.20. The molecule has 1 aliphatic rings. The van der Waals surface area contributed by atoms with Crippen molar-refractivity contribution in [2.75, 3.05) is 20.3 Å². The smallest absolute Gasteiger partial charge is 0.159 e. The molecule has 0 radical (unpaired) electrons. The van der Waals surface area contributed by atoms with Gasteiger partial charge in [0.25, 0.3) is 0 Å². The molecule has 4 rings (SSSR count). The quantitative estimate of drug-likeness (QED) is 0.584. The number of hydrogen-bond donors (Lipinski definition) is 0. The van der Waals surface area contributed by atoms with Crippen LogP contribution in [-0.2, 0) is 17.8 Å². The summed E-state index contributed by atoms with van der Waals surface area (Å²) in [5, 5.41) is 0. The van der Waals surface area contributed by atoms with Crippen molar-refractivity contribution >= 4 is 0 Å². The van der Waals surface area contributed by atoms with E-state index in [-0.39, 0.29) is 0 Å². The van der Waals surface area contributed by atoms with E-state index in [2.05, 4.69) is 25.9 Å². The summed E-state index contributed by atoms with van der Waals surface area (Å²) in [5.41, 5.74) is 3.11. The average molecular weight is 390 g/mol. The van der Waals surface area contributed by atoms with Gasteiger partial charge in [-0.1, -0.05) is 6.07 Å². The molecule has 0 amide bonds. The van der Waals surface area contributed by atoms with Gasteiger partial charge in [-0.2, -0.15) is 0 Å². The van der Waals surface area contributed by atoms with E-state index in [0.717, 1.165) is 61.7 Å². The van der Waals surface area contributed by atoms with Crippen LogP contribution >= 0.6 is 0 Å². The second-order valence-electron chi connectivity index (χ2n) is 7.27. The lowest BCUT2D eigenvalue weighted by Crippen LogP contribution is -2.31. The highest BCUT2D eigenvalue weighted by atomic mass is 16.5. The van der Waals surface area contributed by atoms with E-state index in [0.29, 0.717) is 11.9 Å². The molecule has 3 aromatic rings. The largest absolute Gasteiger partial charge is 0.497 e. The van der Waals surface area contributed by atoms with Crippen LogP contribution in [0.1, 0.15) is 24.1 Å². The number of ether oxygens (including phenoxy) is 2. The average Bonchev–Trinajstić information content (AvgIpc) is 3.28. The molecule has 29 heavy (non-hydrogen) atoms. The van der Waals surface area contributed by atoms with Crippen molar-refractivity contribution in [1.29, 1.82) is 0 Å². The minimum atomic E-state index is 0.290. The van der Waals surface area contributed by atoms with E-state index >= 15 is 0 Å². The van der Waals surface area contributed by atoms with E-state index < -0.39 is 0 Å². The normalized spacial score (nSPS) is 16.3. The number of pyridine rings is 1. The monoisotopic (exact) mass is 390 g/mol. The van der Waals surface area contributed by atoms with Crippen molar-refractivity contribution in [3.05, 3.63) is 72.3 Å². The van der Waals surface area contributed by atoms with Crippen molar-refractivity contribution < 1.29 is 9.47 Å². The molecule has 6 nitrogen and oxygen atoms in total. The maximum Gasteiger partial charge on any atom is 0.159 e. The Bertz CT molecular complexity index is 879. The standard InChI is InChI=1S/C23H26N4O2/c1-28-21-9-7-19(8-10-21)23-25-13-18(14-26-23)15-27(17-22-6-4-12-29-22)16-20-5-2-3-11-24-20/h2-3,5,7-11,13-14,22H,4,6,12,15-17H2,1H3/t22-/m0/s1. The number of benzene rings is 1. The van der Waals surface area contributed by atoms with Crippen LogP contribution in [0.15, 0.2) is 61.1 Å². The van der Waals surface area contributed by atoms with Crippen molar-refractivity contribution in [3.8, 4) is 17.1 Å². The van der Waals surface area contributed by atoms with Crippen molar-refractivity contribution in [3.63, 3.8) is 0 Å². The molecule has 1 fully saturated rings. The first-order chi connectivity index (χ1) is 14.3. The topological polar surface area (TPSA) is 60.4 Å². The third kappa shape index (κ3) is 5.37. The Morgan fingerprint density at radius 3 is 2.52 bits per heavy atom. The predicted octanol–water partition coefficient (Wildman–Crippen LogP) is 3.73. The number of nitrogens with zero attached hydrogens (tertiary/aromatic N) is 4. The van der Waals surface area contributed by atoms with Crippen molar-refractivity contribution in [2.45, 2.75) is 32.0 Å². The Morgan fingerprint density at radius 1 is 1.03 bits per heavy atom. The minimum Gasteiger partial charge on any atom is -0.497 e. The number of rotatable bonds is 8. The molecule has 0 spiro atoms. The van der Waals surface area contributed by atoms with E-state index in [1.54, 1.807) is 7.11 Å². The number of aromatic nitrogens is 3. The Hall–Kier alpha value is -2.83. The van der Waals surface area contributed by atoms with E-state index in [4.69, 9.17) is 9.47 Å². The molecule has 1 aliphatic heterocycles. The van der Waals surface area contributed by atoms with Crippen LogP contribution in [0.5, 0.6) is 5.75 Å². The second kappa shape index (κ2) is 9.58. The second-order valence-corrected chi connectivity index (χ2v) is 7.27. The number of hydrogen-bond acceptors (Lipinski definition) is 6. The van der Waals surface area contributed by atoms with Gasteiger partial charge >= 0.3 is 0 Å². The van der Waals surface area contributed by atoms with Crippen LogP contribution < -0.4 is 4.74 Å². The van der Waals surface area contributed by atoms with Crippen LogP contribution in [0, 0.1) is 0 Å². The summed E-state index contributed by atoms with van der Waals surface area (Å²) in [6.45, 7) is 3.29. The summed E-state index contributed by atoms with van der Waals surface area (Å²) in [6, 6.07) is 13.8. The molecule has 6 heteroatoms. The maximum absolute atomic E-state index is 5.85. The predicted molar refractivity (Wildman–Crippen MR) is 111 cm³/mol. The highest BCUT2D eigenvalue weighted by Crippen LogP contribution is 2.20. The van der Waals surface area contributed by atoms with Crippen LogP contribution in [0.3, 0.4) is 0 Å². The molecular formula is C23H26N4O2. The Kier molecular flexibility index (Phi) is 6.44. The molecular weight excluding hydrogens is 364 g/mol. The fraction of sp³-hybridized carbons (Fsp3) is 0.348. The fourth-order valence-electron chi connectivity index (χ4n) is 3.57. The zero-order valence-corrected chi connectivity index (χ0v) is 16.7. The summed E-state index contributed by atoms with van der Waals surface area (Å²) < 4.78 is 11.1. The molecule has 2 aromatic heterocycles. The first-order valence-electron chi connectivity index (χ1n) is 9.99. The lowest BCUT2D eigenvalue weighted by atomic mass is 10.2. The number of methoxy groups -OCH3 is 1. The van der Waals surface area contributed by atoms with Gasteiger partial charge in [0.15, 0.2) is 5.82 Å². The summed E-state index contributed by atoms with van der Waals surface area (Å²) in [6.07, 6.45) is 8.21. The van der Waals surface area contributed by atoms with E-state index in [9.17, 15) is 0 Å². The van der Waals surface area contributed by atoms with Gasteiger partial charge in [-0.25, -0.2) is 9.97 Å². The maximum atomic E-state index is 5.85. The van der Waals surface area contributed by atoms with Gasteiger partial charge in [0, 0.05) is 56.0 Å². The van der Waals surface area contributed by atoms with Gasteiger partial charge in [-0.05, 0) is 49.2 Å². The van der Waals surface area contributed by atoms with Crippen molar-refractivity contribution in [1.82, 2.24) is 19.9 Å². The molecule has 1 aromatic carbocycles. The zero-order valence-electron chi connectivity index (χ0n) is 16.7. The third-order valence-corrected chi connectivity index (χ3v) is 5.06. The Labute approximate surface area is 171 Å². The first kappa shape index (κ1) is 19.5. The van der Waals surface area contributed by atoms with Crippen LogP contribution in [0.25, 0.3) is 11.4 Å². The zero-order chi connectivity index (χ0) is 19.9. The summed E-state index contributed by atoms with van der Waals surface area (Å²) in [4.78, 5) is 16.0. The SMILES string of the molecule is COc1ccc(-c2ncc(CN(Cc3ccccn3)C[C@@H]3CCCO3)cn2)cc1. The van der Waals surface area contributed by atoms with Crippen LogP contribution in [0.4, 0.5) is 0 Å². The molecule has 0 N–H and O–H groups in total. The molecule has 150 valence electrons. The molecule has 0 aliphatic carbocycles. The Morgan fingerprint density at radius 2 is 1.86 bits per heavy atom. The molecule has 0 bridgehead atoms. The van der Waals surface area contributed by atoms with Crippen molar-refractivity contribution in [2.24, 2.45) is 0 Å².